The Balaban J connectivity index is 2.13. The molecule has 1 aromatic rings. The highest BCUT2D eigenvalue weighted by Gasteiger charge is 2.35. The van der Waals surface area contributed by atoms with E-state index in [0.29, 0.717) is 0 Å². The largest absolute Gasteiger partial charge is 0.444 e. The van der Waals surface area contributed by atoms with Crippen molar-refractivity contribution in [2.24, 2.45) is 0 Å². The molecular weight excluding hydrogens is 306 g/mol. The first kappa shape index (κ1) is 17.4. The number of ether oxygens (including phenoxy) is 1. The van der Waals surface area contributed by atoms with Gasteiger partial charge in [-0.15, -0.1) is 0 Å². The van der Waals surface area contributed by atoms with Crippen LogP contribution in [0.4, 0.5) is 19.3 Å². The van der Waals surface area contributed by atoms with Crippen molar-refractivity contribution in [1.82, 2.24) is 4.57 Å². The van der Waals surface area contributed by atoms with Crippen LogP contribution in [0.2, 0.25) is 0 Å². The molecule has 1 heterocycles. The van der Waals surface area contributed by atoms with E-state index in [2.05, 4.69) is 5.32 Å². The maximum absolute atomic E-state index is 13.2. The predicted molar refractivity (Wildman–Crippen MR) is 83.0 cm³/mol. The lowest BCUT2D eigenvalue weighted by atomic mass is 9.92. The number of nitrogens with zero attached hydrogens (tertiary/aromatic N) is 1. The number of nitrogens with one attached hydrogen (secondary N) is 1. The molecule has 1 aliphatic carbocycles. The zero-order valence-corrected chi connectivity index (χ0v) is 13.6. The molecule has 1 saturated carbocycles. The van der Waals surface area contributed by atoms with E-state index >= 15 is 0 Å². The Kier molecular flexibility index (Phi) is 4.77. The van der Waals surface area contributed by atoms with Crippen LogP contribution in [0, 0.1) is 0 Å². The van der Waals surface area contributed by atoms with Crippen LogP contribution < -0.4 is 10.9 Å². The van der Waals surface area contributed by atoms with Gasteiger partial charge in [-0.1, -0.05) is 0 Å². The van der Waals surface area contributed by atoms with Gasteiger partial charge in [-0.05, 0) is 45.7 Å². The van der Waals surface area contributed by atoms with E-state index in [4.69, 9.17) is 4.74 Å². The maximum atomic E-state index is 13.2. The van der Waals surface area contributed by atoms with Crippen molar-refractivity contribution in [2.45, 2.75) is 64.0 Å². The van der Waals surface area contributed by atoms with Gasteiger partial charge in [-0.25, -0.2) is 13.6 Å². The number of alkyl halides is 2. The van der Waals surface area contributed by atoms with Gasteiger partial charge in [0.2, 0.25) is 5.92 Å². The number of amides is 1. The molecule has 23 heavy (non-hydrogen) atoms. The molecule has 0 atom stereocenters. The summed E-state index contributed by atoms with van der Waals surface area (Å²) in [5.41, 5.74) is -1.00. The minimum atomic E-state index is -2.65. The van der Waals surface area contributed by atoms with E-state index < -0.39 is 23.2 Å². The van der Waals surface area contributed by atoms with Crippen LogP contribution in [0.1, 0.15) is 52.5 Å². The molecule has 1 N–H and O–H groups in total. The van der Waals surface area contributed by atoms with Gasteiger partial charge in [0.05, 0.1) is 0 Å². The topological polar surface area (TPSA) is 60.3 Å². The number of aromatic nitrogens is 1. The lowest BCUT2D eigenvalue weighted by Crippen LogP contribution is -2.34. The lowest BCUT2D eigenvalue weighted by Gasteiger charge is -2.29. The minimum absolute atomic E-state index is 0.0825. The fraction of sp³-hybridized carbons (Fsp3) is 0.625. The number of carbonyl (C=O) groups excluding carboxylic acids is 1. The van der Waals surface area contributed by atoms with Gasteiger partial charge in [0.1, 0.15) is 11.3 Å². The second-order valence-electron chi connectivity index (χ2n) is 6.85. The number of carbonyl (C=O) groups is 1. The number of hydrogen-bond acceptors (Lipinski definition) is 3. The standard InChI is InChI=1S/C16H22F2N2O3/c1-15(2,3)23-14(22)19-12-5-4-10-20(13(12)21)11-6-8-16(17,18)9-7-11/h4-5,10-11H,6-9H2,1-3H3,(H,19,22). The third-order valence-electron chi connectivity index (χ3n) is 3.69. The monoisotopic (exact) mass is 328 g/mol. The van der Waals surface area contributed by atoms with Gasteiger partial charge in [0.25, 0.3) is 5.56 Å². The fourth-order valence-electron chi connectivity index (χ4n) is 2.61. The van der Waals surface area contributed by atoms with Crippen LogP contribution >= 0.6 is 0 Å². The van der Waals surface area contributed by atoms with Crippen LogP contribution in [0.5, 0.6) is 0 Å². The van der Waals surface area contributed by atoms with E-state index in [1.54, 1.807) is 33.0 Å². The number of halogens is 2. The van der Waals surface area contributed by atoms with Gasteiger partial charge in [-0.2, -0.15) is 0 Å². The molecule has 1 fully saturated rings. The average Bonchev–Trinajstić information content (AvgIpc) is 2.39. The molecule has 0 unspecified atom stereocenters. The van der Waals surface area contributed by atoms with Crippen molar-refractivity contribution in [3.63, 3.8) is 0 Å². The molecule has 1 aromatic heterocycles. The highest BCUT2D eigenvalue weighted by Crippen LogP contribution is 2.37. The molecular formula is C16H22F2N2O3. The number of hydrogen-bond donors (Lipinski definition) is 1. The van der Waals surface area contributed by atoms with Crippen molar-refractivity contribution in [3.8, 4) is 0 Å². The first-order valence-electron chi connectivity index (χ1n) is 7.66. The van der Waals surface area contributed by atoms with Gasteiger partial charge in [0.15, 0.2) is 0 Å². The van der Waals surface area contributed by atoms with Crippen LogP contribution in [-0.4, -0.2) is 22.2 Å². The molecule has 2 rings (SSSR count). The summed E-state index contributed by atoms with van der Waals surface area (Å²) >= 11 is 0. The smallest absolute Gasteiger partial charge is 0.412 e. The molecule has 0 radical (unpaired) electrons. The molecule has 0 aliphatic heterocycles. The summed E-state index contributed by atoms with van der Waals surface area (Å²) in [5, 5.41) is 2.42. The molecule has 128 valence electrons. The molecule has 0 saturated heterocycles. The summed E-state index contributed by atoms with van der Waals surface area (Å²) in [7, 11) is 0. The quantitative estimate of drug-likeness (QED) is 0.894. The van der Waals surface area contributed by atoms with Crippen LogP contribution in [0.15, 0.2) is 23.1 Å². The summed E-state index contributed by atoms with van der Waals surface area (Å²) in [5.74, 6) is -2.65. The average molecular weight is 328 g/mol. The Labute approximate surface area is 133 Å². The maximum Gasteiger partial charge on any atom is 0.412 e. The summed E-state index contributed by atoms with van der Waals surface area (Å²) in [4.78, 5) is 24.2. The van der Waals surface area contributed by atoms with Crippen molar-refractivity contribution in [2.75, 3.05) is 5.32 Å². The molecule has 1 amide bonds. The Morgan fingerprint density at radius 1 is 1.35 bits per heavy atom. The minimum Gasteiger partial charge on any atom is -0.444 e. The molecule has 5 nitrogen and oxygen atoms in total. The van der Waals surface area contributed by atoms with E-state index in [9.17, 15) is 18.4 Å². The number of pyridine rings is 1. The van der Waals surface area contributed by atoms with Crippen LogP contribution in [0.25, 0.3) is 0 Å². The van der Waals surface area contributed by atoms with Crippen molar-refractivity contribution >= 4 is 11.8 Å². The lowest BCUT2D eigenvalue weighted by molar-refractivity contribution is -0.0442. The van der Waals surface area contributed by atoms with E-state index in [1.165, 1.54) is 10.6 Å². The summed E-state index contributed by atoms with van der Waals surface area (Å²) in [6.07, 6.45) is 0.867. The third kappa shape index (κ3) is 4.77. The zero-order chi connectivity index (χ0) is 17.3. The number of anilines is 1. The summed E-state index contributed by atoms with van der Waals surface area (Å²) < 4.78 is 33.0. The summed E-state index contributed by atoms with van der Waals surface area (Å²) in [6, 6.07) is 2.81. The summed E-state index contributed by atoms with van der Waals surface area (Å²) in [6.45, 7) is 5.16. The molecule has 7 heteroatoms. The molecule has 0 bridgehead atoms. The zero-order valence-electron chi connectivity index (χ0n) is 13.6. The molecule has 0 aromatic carbocycles. The Morgan fingerprint density at radius 2 is 1.96 bits per heavy atom. The van der Waals surface area contributed by atoms with Gasteiger partial charge in [0, 0.05) is 25.1 Å². The van der Waals surface area contributed by atoms with E-state index in [0.717, 1.165) is 0 Å². The molecule has 0 spiro atoms. The second-order valence-corrected chi connectivity index (χ2v) is 6.85. The van der Waals surface area contributed by atoms with Crippen molar-refractivity contribution in [1.29, 1.82) is 0 Å². The van der Waals surface area contributed by atoms with Crippen LogP contribution in [-0.2, 0) is 4.74 Å². The Morgan fingerprint density at radius 3 is 2.52 bits per heavy atom. The third-order valence-corrected chi connectivity index (χ3v) is 3.69. The van der Waals surface area contributed by atoms with E-state index in [-0.39, 0.29) is 37.4 Å². The second kappa shape index (κ2) is 6.29. The first-order valence-corrected chi connectivity index (χ1v) is 7.66. The van der Waals surface area contributed by atoms with Gasteiger partial charge >= 0.3 is 6.09 Å². The Bertz CT molecular complexity index is 625. The Hall–Kier alpha value is -1.92. The first-order chi connectivity index (χ1) is 10.6. The molecule has 1 aliphatic rings. The van der Waals surface area contributed by atoms with Gasteiger partial charge < -0.3 is 9.30 Å². The van der Waals surface area contributed by atoms with Crippen molar-refractivity contribution in [3.05, 3.63) is 28.7 Å². The van der Waals surface area contributed by atoms with E-state index in [1.807, 2.05) is 0 Å². The fourth-order valence-corrected chi connectivity index (χ4v) is 2.61. The highest BCUT2D eigenvalue weighted by atomic mass is 19.3. The van der Waals surface area contributed by atoms with Crippen LogP contribution in [0.3, 0.4) is 0 Å². The predicted octanol–water partition coefficient (Wildman–Crippen LogP) is 3.95. The SMILES string of the molecule is CC(C)(C)OC(=O)Nc1cccn(C2CCC(F)(F)CC2)c1=O. The van der Waals surface area contributed by atoms with Crippen molar-refractivity contribution < 1.29 is 18.3 Å². The highest BCUT2D eigenvalue weighted by molar-refractivity contribution is 5.84. The van der Waals surface area contributed by atoms with Gasteiger partial charge in [-0.3, -0.25) is 10.1 Å². The number of rotatable bonds is 2. The normalized spacial score (nSPS) is 18.5.